The maximum absolute atomic E-state index is 12.5. The summed E-state index contributed by atoms with van der Waals surface area (Å²) in [6, 6.07) is 6.12. The number of para-hydroxylation sites is 1. The average molecular weight is 335 g/mol. The van der Waals surface area contributed by atoms with E-state index in [0.29, 0.717) is 5.92 Å². The molecule has 0 radical (unpaired) electrons. The Kier molecular flexibility index (Phi) is 5.58. The van der Waals surface area contributed by atoms with E-state index in [-0.39, 0.29) is 11.2 Å². The van der Waals surface area contributed by atoms with Crippen LogP contribution in [0, 0.1) is 13.8 Å². The average Bonchev–Trinajstić information content (AvgIpc) is 2.85. The first kappa shape index (κ1) is 17.0. The number of aryl methyl sites for hydroxylation is 2. The number of rotatable bonds is 5. The lowest BCUT2D eigenvalue weighted by atomic mass is 9.98. The van der Waals surface area contributed by atoms with Crippen LogP contribution in [0.5, 0.6) is 0 Å². The molecule has 4 nitrogen and oxygen atoms in total. The number of hydrogen-bond donors (Lipinski definition) is 1. The molecule has 1 amide bonds. The second-order valence-corrected chi connectivity index (χ2v) is 8.30. The first-order chi connectivity index (χ1) is 10.4. The summed E-state index contributed by atoms with van der Waals surface area (Å²) in [5, 5.41) is 11.8. The van der Waals surface area contributed by atoms with E-state index >= 15 is 0 Å². The first-order valence-electron chi connectivity index (χ1n) is 7.25. The van der Waals surface area contributed by atoms with Crippen molar-refractivity contribution in [3.63, 3.8) is 0 Å². The van der Waals surface area contributed by atoms with E-state index in [0.717, 1.165) is 26.2 Å². The van der Waals surface area contributed by atoms with Gasteiger partial charge in [-0.15, -0.1) is 10.2 Å². The number of hydrogen-bond acceptors (Lipinski definition) is 5. The number of carbonyl (C=O) groups is 1. The second-order valence-electron chi connectivity index (χ2n) is 5.53. The van der Waals surface area contributed by atoms with Crippen LogP contribution < -0.4 is 5.32 Å². The van der Waals surface area contributed by atoms with Gasteiger partial charge in [0.05, 0.1) is 5.25 Å². The van der Waals surface area contributed by atoms with Crippen LogP contribution in [0.2, 0.25) is 0 Å². The van der Waals surface area contributed by atoms with Gasteiger partial charge in [-0.1, -0.05) is 55.1 Å². The van der Waals surface area contributed by atoms with Gasteiger partial charge in [0, 0.05) is 5.69 Å². The first-order valence-corrected chi connectivity index (χ1v) is 8.95. The van der Waals surface area contributed by atoms with Gasteiger partial charge in [-0.2, -0.15) is 0 Å². The summed E-state index contributed by atoms with van der Waals surface area (Å²) in [5.74, 6) is 0.359. The van der Waals surface area contributed by atoms with Gasteiger partial charge in [-0.05, 0) is 37.8 Å². The highest BCUT2D eigenvalue weighted by Crippen LogP contribution is 2.30. The minimum Gasteiger partial charge on any atom is -0.325 e. The Morgan fingerprint density at radius 3 is 2.55 bits per heavy atom. The Balaban J connectivity index is 2.11. The Bertz CT molecular complexity index is 667. The molecule has 22 heavy (non-hydrogen) atoms. The number of thioether (sulfide) groups is 1. The molecule has 0 saturated carbocycles. The van der Waals surface area contributed by atoms with Crippen LogP contribution >= 0.6 is 23.1 Å². The molecule has 0 aliphatic rings. The zero-order chi connectivity index (χ0) is 16.3. The molecule has 118 valence electrons. The predicted molar refractivity (Wildman–Crippen MR) is 93.9 cm³/mol. The van der Waals surface area contributed by atoms with E-state index in [4.69, 9.17) is 0 Å². The van der Waals surface area contributed by atoms with Crippen molar-refractivity contribution in [3.8, 4) is 0 Å². The highest BCUT2D eigenvalue weighted by Gasteiger charge is 2.19. The van der Waals surface area contributed by atoms with Gasteiger partial charge in [0.15, 0.2) is 4.34 Å². The SMILES string of the molecule is Cc1nnc(SC(C)C(=O)Nc2c(C)cccc2C(C)C)s1. The number of aromatic nitrogens is 2. The van der Waals surface area contributed by atoms with Crippen molar-refractivity contribution in [2.75, 3.05) is 5.32 Å². The third kappa shape index (κ3) is 4.08. The summed E-state index contributed by atoms with van der Waals surface area (Å²) in [7, 11) is 0. The molecule has 0 aliphatic heterocycles. The van der Waals surface area contributed by atoms with Crippen molar-refractivity contribution in [2.24, 2.45) is 0 Å². The summed E-state index contributed by atoms with van der Waals surface area (Å²) in [5.41, 5.74) is 3.18. The topological polar surface area (TPSA) is 54.9 Å². The Labute approximate surface area is 139 Å². The molecule has 0 spiro atoms. The molecule has 1 aromatic carbocycles. The van der Waals surface area contributed by atoms with Gasteiger partial charge in [0.2, 0.25) is 5.91 Å². The fourth-order valence-electron chi connectivity index (χ4n) is 2.10. The van der Waals surface area contributed by atoms with E-state index < -0.39 is 0 Å². The quantitative estimate of drug-likeness (QED) is 0.823. The number of nitrogens with one attached hydrogen (secondary N) is 1. The van der Waals surface area contributed by atoms with Gasteiger partial charge in [0.1, 0.15) is 5.01 Å². The van der Waals surface area contributed by atoms with E-state index in [1.54, 1.807) is 0 Å². The molecule has 1 aromatic heterocycles. The highest BCUT2D eigenvalue weighted by atomic mass is 32.2. The molecule has 1 atom stereocenters. The van der Waals surface area contributed by atoms with Crippen LogP contribution in [0.4, 0.5) is 5.69 Å². The van der Waals surface area contributed by atoms with Crippen molar-refractivity contribution in [1.82, 2.24) is 10.2 Å². The number of amides is 1. The lowest BCUT2D eigenvalue weighted by molar-refractivity contribution is -0.115. The molecule has 2 rings (SSSR count). The molecular formula is C16H21N3OS2. The van der Waals surface area contributed by atoms with E-state index in [2.05, 4.69) is 35.4 Å². The normalized spacial score (nSPS) is 12.5. The van der Waals surface area contributed by atoms with Crippen LogP contribution in [-0.2, 0) is 4.79 Å². The minimum atomic E-state index is -0.216. The van der Waals surface area contributed by atoms with Crippen molar-refractivity contribution in [2.45, 2.75) is 50.1 Å². The van der Waals surface area contributed by atoms with Gasteiger partial charge < -0.3 is 5.32 Å². The van der Waals surface area contributed by atoms with E-state index in [1.807, 2.05) is 32.9 Å². The zero-order valence-corrected chi connectivity index (χ0v) is 15.1. The Morgan fingerprint density at radius 2 is 1.95 bits per heavy atom. The number of anilines is 1. The number of nitrogens with zero attached hydrogens (tertiary/aromatic N) is 2. The van der Waals surface area contributed by atoms with Crippen molar-refractivity contribution in [1.29, 1.82) is 0 Å². The number of benzene rings is 1. The molecule has 0 aliphatic carbocycles. The summed E-state index contributed by atoms with van der Waals surface area (Å²) in [6.45, 7) is 10.1. The third-order valence-electron chi connectivity index (χ3n) is 3.33. The maximum Gasteiger partial charge on any atom is 0.237 e. The molecular weight excluding hydrogens is 314 g/mol. The molecule has 0 fully saturated rings. The monoisotopic (exact) mass is 335 g/mol. The third-order valence-corrected chi connectivity index (χ3v) is 5.35. The van der Waals surface area contributed by atoms with Crippen molar-refractivity contribution in [3.05, 3.63) is 34.3 Å². The van der Waals surface area contributed by atoms with Gasteiger partial charge in [-0.3, -0.25) is 4.79 Å². The highest BCUT2D eigenvalue weighted by molar-refractivity contribution is 8.02. The minimum absolute atomic E-state index is 0.00551. The lowest BCUT2D eigenvalue weighted by Crippen LogP contribution is -2.23. The predicted octanol–water partition coefficient (Wildman–Crippen LogP) is 4.40. The van der Waals surface area contributed by atoms with Crippen LogP contribution in [0.25, 0.3) is 0 Å². The van der Waals surface area contributed by atoms with Gasteiger partial charge in [0.25, 0.3) is 0 Å². The lowest BCUT2D eigenvalue weighted by Gasteiger charge is -2.18. The van der Waals surface area contributed by atoms with Gasteiger partial charge in [-0.25, -0.2) is 0 Å². The molecule has 2 aromatic rings. The van der Waals surface area contributed by atoms with Crippen LogP contribution in [0.1, 0.15) is 42.8 Å². The summed E-state index contributed by atoms with van der Waals surface area (Å²) in [6.07, 6.45) is 0. The molecule has 1 heterocycles. The molecule has 6 heteroatoms. The van der Waals surface area contributed by atoms with Gasteiger partial charge >= 0.3 is 0 Å². The molecule has 0 saturated heterocycles. The van der Waals surface area contributed by atoms with Crippen LogP contribution in [-0.4, -0.2) is 21.4 Å². The molecule has 1 unspecified atom stereocenters. The summed E-state index contributed by atoms with van der Waals surface area (Å²) < 4.78 is 0.828. The van der Waals surface area contributed by atoms with Crippen molar-refractivity contribution >= 4 is 34.7 Å². The standard InChI is InChI=1S/C16H21N3OS2/c1-9(2)13-8-6-7-10(3)14(13)17-15(20)11(4)21-16-19-18-12(5)22-16/h6-9,11H,1-5H3,(H,17,20). The zero-order valence-electron chi connectivity index (χ0n) is 13.5. The second kappa shape index (κ2) is 7.24. The molecule has 1 N–H and O–H groups in total. The smallest absolute Gasteiger partial charge is 0.237 e. The fourth-order valence-corrected chi connectivity index (χ4v) is 4.06. The number of carbonyl (C=O) groups excluding carboxylic acids is 1. The largest absolute Gasteiger partial charge is 0.325 e. The van der Waals surface area contributed by atoms with Crippen molar-refractivity contribution < 1.29 is 4.79 Å². The fraction of sp³-hybridized carbons (Fsp3) is 0.438. The van der Waals surface area contributed by atoms with E-state index in [9.17, 15) is 4.79 Å². The maximum atomic E-state index is 12.5. The Hall–Kier alpha value is -1.40. The van der Waals surface area contributed by atoms with Crippen LogP contribution in [0.3, 0.4) is 0 Å². The molecule has 0 bridgehead atoms. The van der Waals surface area contributed by atoms with Crippen LogP contribution in [0.15, 0.2) is 22.5 Å². The Morgan fingerprint density at radius 1 is 1.23 bits per heavy atom. The van der Waals surface area contributed by atoms with E-state index in [1.165, 1.54) is 23.1 Å². The summed E-state index contributed by atoms with van der Waals surface area (Å²) >= 11 is 2.96. The summed E-state index contributed by atoms with van der Waals surface area (Å²) in [4.78, 5) is 12.5.